The molecule has 0 aromatic heterocycles. The monoisotopic (exact) mass is 292 g/mol. The predicted molar refractivity (Wildman–Crippen MR) is 77.8 cm³/mol. The third kappa shape index (κ3) is 3.02. The number of carbonyl (C=O) groups is 1. The maximum absolute atomic E-state index is 13.8. The fraction of sp³-hybridized carbons (Fsp3) is 0.562. The van der Waals surface area contributed by atoms with Gasteiger partial charge in [-0.2, -0.15) is 0 Å². The number of aromatic hydroxyl groups is 1. The van der Waals surface area contributed by atoms with Crippen molar-refractivity contribution in [1.82, 2.24) is 9.80 Å². The van der Waals surface area contributed by atoms with Gasteiger partial charge >= 0.3 is 0 Å². The van der Waals surface area contributed by atoms with Crippen molar-refractivity contribution in [3.05, 3.63) is 29.6 Å². The Bertz CT molecular complexity index is 521. The van der Waals surface area contributed by atoms with Crippen molar-refractivity contribution >= 4 is 5.91 Å². The highest BCUT2D eigenvalue weighted by molar-refractivity contribution is 5.94. The van der Waals surface area contributed by atoms with Crippen LogP contribution in [0.5, 0.6) is 5.75 Å². The number of piperazine rings is 1. The molecule has 21 heavy (non-hydrogen) atoms. The number of phenolic OH excluding ortho intramolecular Hbond substituents is 1. The van der Waals surface area contributed by atoms with E-state index in [0.29, 0.717) is 19.1 Å². The summed E-state index contributed by atoms with van der Waals surface area (Å²) in [5.41, 5.74) is 0.0436. The van der Waals surface area contributed by atoms with Gasteiger partial charge < -0.3 is 10.0 Å². The molecule has 0 radical (unpaired) electrons. The van der Waals surface area contributed by atoms with Gasteiger partial charge in [-0.15, -0.1) is 0 Å². The van der Waals surface area contributed by atoms with Crippen LogP contribution >= 0.6 is 0 Å². The number of amides is 1. The van der Waals surface area contributed by atoms with Crippen molar-refractivity contribution in [1.29, 1.82) is 0 Å². The van der Waals surface area contributed by atoms with E-state index < -0.39 is 5.82 Å². The van der Waals surface area contributed by atoms with Gasteiger partial charge in [0.2, 0.25) is 0 Å². The molecule has 1 heterocycles. The number of phenols is 1. The Kier molecular flexibility index (Phi) is 4.10. The molecule has 1 amide bonds. The molecule has 1 aliphatic heterocycles. The van der Waals surface area contributed by atoms with Crippen LogP contribution in [0.2, 0.25) is 0 Å². The number of halogens is 1. The van der Waals surface area contributed by atoms with E-state index >= 15 is 0 Å². The lowest BCUT2D eigenvalue weighted by molar-refractivity contribution is 0.0569. The Morgan fingerprint density at radius 1 is 1.14 bits per heavy atom. The second-order valence-corrected chi connectivity index (χ2v) is 5.93. The molecule has 114 valence electrons. The highest BCUT2D eigenvalue weighted by Crippen LogP contribution is 2.25. The first-order chi connectivity index (χ1) is 10.1. The molecule has 0 spiro atoms. The van der Waals surface area contributed by atoms with Crippen LogP contribution in [0, 0.1) is 5.82 Å². The summed E-state index contributed by atoms with van der Waals surface area (Å²) in [5.74, 6) is -1.09. The van der Waals surface area contributed by atoms with Gasteiger partial charge in [-0.1, -0.05) is 12.8 Å². The lowest BCUT2D eigenvalue weighted by atomic mass is 10.1. The number of rotatable bonds is 2. The van der Waals surface area contributed by atoms with Gasteiger partial charge in [-0.05, 0) is 25.0 Å². The summed E-state index contributed by atoms with van der Waals surface area (Å²) in [6.07, 6.45) is 5.14. The molecule has 0 atom stereocenters. The summed E-state index contributed by atoms with van der Waals surface area (Å²) in [4.78, 5) is 16.5. The van der Waals surface area contributed by atoms with Crippen LogP contribution in [0.4, 0.5) is 4.39 Å². The molecule has 0 bridgehead atoms. The van der Waals surface area contributed by atoms with Gasteiger partial charge in [0.25, 0.3) is 5.91 Å². The zero-order valence-electron chi connectivity index (χ0n) is 12.1. The summed E-state index contributed by atoms with van der Waals surface area (Å²) < 4.78 is 13.8. The molecular formula is C16H21FN2O2. The molecule has 1 aromatic rings. The maximum Gasteiger partial charge on any atom is 0.256 e. The lowest BCUT2D eigenvalue weighted by Gasteiger charge is -2.38. The minimum absolute atomic E-state index is 0.0436. The van der Waals surface area contributed by atoms with E-state index in [0.717, 1.165) is 19.2 Å². The first-order valence-electron chi connectivity index (χ1n) is 7.67. The van der Waals surface area contributed by atoms with Crippen molar-refractivity contribution in [2.45, 2.75) is 31.7 Å². The van der Waals surface area contributed by atoms with Crippen LogP contribution in [0.3, 0.4) is 0 Å². The molecule has 1 saturated carbocycles. The number of carbonyl (C=O) groups excluding carboxylic acids is 1. The van der Waals surface area contributed by atoms with Crippen molar-refractivity contribution in [3.8, 4) is 5.75 Å². The van der Waals surface area contributed by atoms with Crippen LogP contribution in [-0.4, -0.2) is 53.0 Å². The van der Waals surface area contributed by atoms with Gasteiger partial charge in [0.05, 0.1) is 5.56 Å². The average molecular weight is 292 g/mol. The Morgan fingerprint density at radius 3 is 2.43 bits per heavy atom. The molecule has 2 aliphatic rings. The van der Waals surface area contributed by atoms with Gasteiger partial charge in [-0.3, -0.25) is 9.69 Å². The standard InChI is InChI=1S/C16H21FN2O2/c17-15-11-13(20)5-6-14(15)16(21)19-9-7-18(8-10-19)12-3-1-2-4-12/h5-6,11-12,20H,1-4,7-10H2. The van der Waals surface area contributed by atoms with E-state index in [4.69, 9.17) is 0 Å². The molecule has 1 aliphatic carbocycles. The Labute approximate surface area is 124 Å². The quantitative estimate of drug-likeness (QED) is 0.909. The molecule has 0 unspecified atom stereocenters. The largest absolute Gasteiger partial charge is 0.508 e. The lowest BCUT2D eigenvalue weighted by Crippen LogP contribution is -2.51. The summed E-state index contributed by atoms with van der Waals surface area (Å²) in [7, 11) is 0. The average Bonchev–Trinajstić information content (AvgIpc) is 3.01. The smallest absolute Gasteiger partial charge is 0.256 e. The van der Waals surface area contributed by atoms with Gasteiger partial charge in [-0.25, -0.2) is 4.39 Å². The molecule has 5 heteroatoms. The summed E-state index contributed by atoms with van der Waals surface area (Å²) in [5, 5.41) is 9.21. The topological polar surface area (TPSA) is 43.8 Å². The summed E-state index contributed by atoms with van der Waals surface area (Å²) in [6.45, 7) is 3.04. The van der Waals surface area contributed by atoms with Gasteiger partial charge in [0, 0.05) is 38.3 Å². The Hall–Kier alpha value is -1.62. The van der Waals surface area contributed by atoms with Gasteiger partial charge in [0.15, 0.2) is 0 Å². The van der Waals surface area contributed by atoms with Crippen molar-refractivity contribution in [3.63, 3.8) is 0 Å². The highest BCUT2D eigenvalue weighted by Gasteiger charge is 2.29. The van der Waals surface area contributed by atoms with Crippen molar-refractivity contribution < 1.29 is 14.3 Å². The highest BCUT2D eigenvalue weighted by atomic mass is 19.1. The Morgan fingerprint density at radius 2 is 1.81 bits per heavy atom. The minimum Gasteiger partial charge on any atom is -0.508 e. The normalized spacial score (nSPS) is 20.9. The molecule has 4 nitrogen and oxygen atoms in total. The summed E-state index contributed by atoms with van der Waals surface area (Å²) >= 11 is 0. The third-order valence-corrected chi connectivity index (χ3v) is 4.63. The van der Waals surface area contributed by atoms with Crippen LogP contribution in [0.1, 0.15) is 36.0 Å². The maximum atomic E-state index is 13.8. The van der Waals surface area contributed by atoms with E-state index in [-0.39, 0.29) is 17.2 Å². The van der Waals surface area contributed by atoms with Crippen LogP contribution in [0.25, 0.3) is 0 Å². The SMILES string of the molecule is O=C(c1ccc(O)cc1F)N1CCN(C2CCCC2)CC1. The Balaban J connectivity index is 1.62. The van der Waals surface area contributed by atoms with E-state index in [9.17, 15) is 14.3 Å². The second-order valence-electron chi connectivity index (χ2n) is 5.93. The first kappa shape index (κ1) is 14.3. The number of nitrogens with zero attached hydrogens (tertiary/aromatic N) is 2. The zero-order chi connectivity index (χ0) is 14.8. The number of hydrogen-bond acceptors (Lipinski definition) is 3. The van der Waals surface area contributed by atoms with E-state index in [1.807, 2.05) is 0 Å². The van der Waals surface area contributed by atoms with Crippen LogP contribution in [-0.2, 0) is 0 Å². The van der Waals surface area contributed by atoms with Crippen LogP contribution < -0.4 is 0 Å². The molecule has 1 N–H and O–H groups in total. The van der Waals surface area contributed by atoms with E-state index in [1.54, 1.807) is 4.90 Å². The van der Waals surface area contributed by atoms with Crippen molar-refractivity contribution in [2.24, 2.45) is 0 Å². The first-order valence-corrected chi connectivity index (χ1v) is 7.67. The van der Waals surface area contributed by atoms with Crippen molar-refractivity contribution in [2.75, 3.05) is 26.2 Å². The molecule has 1 saturated heterocycles. The van der Waals surface area contributed by atoms with Gasteiger partial charge in [0.1, 0.15) is 11.6 Å². The molecular weight excluding hydrogens is 271 g/mol. The molecule has 3 rings (SSSR count). The fourth-order valence-corrected chi connectivity index (χ4v) is 3.41. The van der Waals surface area contributed by atoms with E-state index in [2.05, 4.69) is 4.90 Å². The second kappa shape index (κ2) is 6.02. The summed E-state index contributed by atoms with van der Waals surface area (Å²) in [6, 6.07) is 4.37. The van der Waals surface area contributed by atoms with Crippen LogP contribution in [0.15, 0.2) is 18.2 Å². The zero-order valence-corrected chi connectivity index (χ0v) is 12.1. The predicted octanol–water partition coefficient (Wildman–Crippen LogP) is 2.23. The minimum atomic E-state index is -0.654. The molecule has 2 fully saturated rings. The molecule has 1 aromatic carbocycles. The third-order valence-electron chi connectivity index (χ3n) is 4.63. The number of benzene rings is 1. The fourth-order valence-electron chi connectivity index (χ4n) is 3.41. The van der Waals surface area contributed by atoms with E-state index in [1.165, 1.54) is 37.8 Å². The number of hydrogen-bond donors (Lipinski definition) is 1.